The summed E-state index contributed by atoms with van der Waals surface area (Å²) in [5, 5.41) is 2.15. The fourth-order valence-corrected chi connectivity index (χ4v) is 1.68. The molecule has 0 saturated heterocycles. The molecule has 1 saturated carbocycles. The maximum atomic E-state index is 10.1. The molecule has 0 spiro atoms. The molecule has 1 aliphatic rings. The third-order valence-electron chi connectivity index (χ3n) is 2.74. The minimum absolute atomic E-state index is 0. The average Bonchev–Trinajstić information content (AvgIpc) is 2.86. The second-order valence-electron chi connectivity index (χ2n) is 4.62. The Balaban J connectivity index is -0.0000000521. The molecule has 0 aromatic heterocycles. The zero-order valence-electron chi connectivity index (χ0n) is 16.4. The molecule has 0 aromatic carbocycles. The van der Waals surface area contributed by atoms with Crippen molar-refractivity contribution in [3.8, 4) is 0 Å². The number of rotatable bonds is 4. The summed E-state index contributed by atoms with van der Waals surface area (Å²) in [6.45, 7) is 2.34. The van der Waals surface area contributed by atoms with Crippen molar-refractivity contribution in [1.29, 1.82) is 0 Å². The molecule has 2 atom stereocenters. The predicted molar refractivity (Wildman–Crippen MR) is 94.6 cm³/mol. The largest absolute Gasteiger partial charge is 2.00 e. The summed E-state index contributed by atoms with van der Waals surface area (Å²) >= 11 is 0. The van der Waals surface area contributed by atoms with E-state index in [1.165, 1.54) is 34.0 Å². The molecule has 1 rings (SSSR count). The van der Waals surface area contributed by atoms with Gasteiger partial charge < -0.3 is 34.4 Å². The van der Waals surface area contributed by atoms with Crippen molar-refractivity contribution in [2.45, 2.75) is 32.0 Å². The molecule has 147 valence electrons. The van der Waals surface area contributed by atoms with Crippen LogP contribution in [-0.4, -0.2) is 54.3 Å². The summed E-state index contributed by atoms with van der Waals surface area (Å²) in [5.74, 6) is 0.739. The minimum Gasteiger partial charge on any atom is -0.506 e. The summed E-state index contributed by atoms with van der Waals surface area (Å²) in [6, 6.07) is 0. The minimum atomic E-state index is -0.245. The molecule has 3 radical (unpaired) electrons. The van der Waals surface area contributed by atoms with Crippen LogP contribution in [0, 0.1) is 27.8 Å². The number of esters is 1. The van der Waals surface area contributed by atoms with Crippen LogP contribution in [0.25, 0.3) is 0 Å². The van der Waals surface area contributed by atoms with E-state index in [1.54, 1.807) is 7.11 Å². The van der Waals surface area contributed by atoms with E-state index in [4.69, 9.17) is 12.6 Å². The Kier molecular flexibility index (Phi) is 46.4. The molecule has 1 aliphatic carbocycles. The van der Waals surface area contributed by atoms with Crippen molar-refractivity contribution in [2.24, 2.45) is 5.92 Å². The molecule has 0 aromatic rings. The van der Waals surface area contributed by atoms with Crippen molar-refractivity contribution in [2.75, 3.05) is 34.5 Å². The van der Waals surface area contributed by atoms with Gasteiger partial charge >= 0.3 is 27.0 Å². The number of carbonyl (C=O) groups is 2. The van der Waals surface area contributed by atoms with Gasteiger partial charge in [-0.15, -0.1) is 0 Å². The van der Waals surface area contributed by atoms with Gasteiger partial charge in [0.1, 0.15) is 6.61 Å². The van der Waals surface area contributed by atoms with Crippen LogP contribution >= 0.6 is 0 Å². The molecule has 0 bridgehead atoms. The molecular weight excluding hydrogens is 532 g/mol. The fraction of sp³-hybridized carbons (Fsp3) is 0.688. The van der Waals surface area contributed by atoms with Crippen molar-refractivity contribution >= 4 is 19.7 Å². The van der Waals surface area contributed by atoms with Crippen LogP contribution in [0.1, 0.15) is 26.2 Å². The first-order valence-electron chi connectivity index (χ1n) is 6.75. The van der Waals surface area contributed by atoms with Gasteiger partial charge in [0.15, 0.2) is 0 Å². The Morgan fingerprint density at radius 3 is 1.84 bits per heavy atom. The van der Waals surface area contributed by atoms with E-state index >= 15 is 0 Å². The number of hydrogen-bond donors (Lipinski definition) is 1. The molecule has 2 unspecified atom stereocenters. The van der Waals surface area contributed by atoms with E-state index < -0.39 is 0 Å². The Morgan fingerprint density at radius 2 is 1.64 bits per heavy atom. The molecule has 6 nitrogen and oxygen atoms in total. The SMILES string of the molecule is COC(C)=O.[B]C1CCC(COC)C1.[CH2-]NC(=O)COC.[CH3-].[CH3-].[V].[W+2]. The normalized spacial score (nSPS) is 16.4. The van der Waals surface area contributed by atoms with E-state index in [1.807, 2.05) is 0 Å². The Labute approximate surface area is 182 Å². The first kappa shape index (κ1) is 40.0. The van der Waals surface area contributed by atoms with Gasteiger partial charge in [0, 0.05) is 46.3 Å². The fourth-order valence-electron chi connectivity index (χ4n) is 1.68. The van der Waals surface area contributed by atoms with Crippen molar-refractivity contribution in [1.82, 2.24) is 5.32 Å². The van der Waals surface area contributed by atoms with Crippen LogP contribution in [0.15, 0.2) is 0 Å². The van der Waals surface area contributed by atoms with Crippen LogP contribution in [0.3, 0.4) is 0 Å². The predicted octanol–water partition coefficient (Wildman–Crippen LogP) is 2.01. The van der Waals surface area contributed by atoms with E-state index in [0.29, 0.717) is 5.82 Å². The van der Waals surface area contributed by atoms with Gasteiger partial charge in [0.25, 0.3) is 0 Å². The molecule has 0 aliphatic heterocycles. The van der Waals surface area contributed by atoms with Gasteiger partial charge in [0.05, 0.1) is 15.0 Å². The van der Waals surface area contributed by atoms with Crippen molar-refractivity contribution < 1.29 is 63.4 Å². The quantitative estimate of drug-likeness (QED) is 0.321. The third-order valence-corrected chi connectivity index (χ3v) is 2.74. The number of carbonyl (C=O) groups excluding carboxylic acids is 2. The van der Waals surface area contributed by atoms with Gasteiger partial charge in [-0.2, -0.15) is 0 Å². The molecule has 9 heteroatoms. The second kappa shape index (κ2) is 29.0. The van der Waals surface area contributed by atoms with Crippen LogP contribution in [0.4, 0.5) is 0 Å². The Bertz CT molecular complexity index is 287. The van der Waals surface area contributed by atoms with Crippen molar-refractivity contribution in [3.63, 3.8) is 0 Å². The van der Waals surface area contributed by atoms with Crippen LogP contribution in [0.5, 0.6) is 0 Å². The van der Waals surface area contributed by atoms with Gasteiger partial charge in [-0.05, 0) is 12.3 Å². The topological polar surface area (TPSA) is 73.9 Å². The first-order chi connectivity index (χ1) is 9.90. The number of hydrogen-bond acceptors (Lipinski definition) is 5. The zero-order valence-corrected chi connectivity index (χ0v) is 20.7. The molecule has 1 amide bonds. The summed E-state index contributed by atoms with van der Waals surface area (Å²) < 4.78 is 13.6. The van der Waals surface area contributed by atoms with Gasteiger partial charge in [0.2, 0.25) is 5.91 Å². The van der Waals surface area contributed by atoms with E-state index in [2.05, 4.69) is 21.8 Å². The van der Waals surface area contributed by atoms with Gasteiger partial charge in [-0.1, -0.05) is 18.7 Å². The zero-order chi connectivity index (χ0) is 16.7. The van der Waals surface area contributed by atoms with E-state index in [0.717, 1.165) is 18.9 Å². The summed E-state index contributed by atoms with van der Waals surface area (Å²) in [4.78, 5) is 19.7. The smallest absolute Gasteiger partial charge is 0.506 e. The van der Waals surface area contributed by atoms with Crippen molar-refractivity contribution in [3.05, 3.63) is 21.9 Å². The number of nitrogens with one attached hydrogen (secondary N) is 1. The maximum absolute atomic E-state index is 10.1. The average molecular weight is 565 g/mol. The summed E-state index contributed by atoms with van der Waals surface area (Å²) in [7, 11) is 13.4. The molecule has 0 heterocycles. The van der Waals surface area contributed by atoms with E-state index in [9.17, 15) is 9.59 Å². The first-order valence-corrected chi connectivity index (χ1v) is 6.75. The van der Waals surface area contributed by atoms with Crippen LogP contribution in [0.2, 0.25) is 5.82 Å². The van der Waals surface area contributed by atoms with Crippen LogP contribution < -0.4 is 5.32 Å². The number of amides is 1. The monoisotopic (exact) mass is 565 g/mol. The molecule has 1 N–H and O–H groups in total. The van der Waals surface area contributed by atoms with Crippen LogP contribution in [-0.2, 0) is 63.4 Å². The summed E-state index contributed by atoms with van der Waals surface area (Å²) in [6.07, 6.45) is 3.61. The maximum Gasteiger partial charge on any atom is 2.00 e. The molecule has 1 fully saturated rings. The Morgan fingerprint density at radius 1 is 1.16 bits per heavy atom. The van der Waals surface area contributed by atoms with Gasteiger partial charge in [-0.3, -0.25) is 16.6 Å². The number of methoxy groups -OCH3 is 3. The summed E-state index contributed by atoms with van der Waals surface area (Å²) in [5.41, 5.74) is 0. The molecule has 25 heavy (non-hydrogen) atoms. The third kappa shape index (κ3) is 32.4. The number of ether oxygens (including phenoxy) is 3. The van der Waals surface area contributed by atoms with Gasteiger partial charge in [-0.25, -0.2) is 0 Å². The molecular formula is C16H33BNO5VW-. The second-order valence-corrected chi connectivity index (χ2v) is 4.62. The Hall–Kier alpha value is 0.198. The van der Waals surface area contributed by atoms with E-state index in [-0.39, 0.29) is 73.0 Å². The standard InChI is InChI=1S/C7H13BO.C4H8NO2.C3H6O2.2CH3.V.W/c1-9-5-6-2-3-7(8)4-6;1-5-4(6)3-7-2;1-3(4)5-2;;;;/h6-7H,2-5H2,1H3;1,3H2,2H3,(H,5,6);1-2H3;2*1H3;;/q;-1;;2*-1;;+2.